The molecule has 0 bridgehead atoms. The van der Waals surface area contributed by atoms with Gasteiger partial charge in [0.25, 0.3) is 0 Å². The highest BCUT2D eigenvalue weighted by molar-refractivity contribution is 7.07. The van der Waals surface area contributed by atoms with Gasteiger partial charge in [-0.1, -0.05) is 0 Å². The summed E-state index contributed by atoms with van der Waals surface area (Å²) in [6.07, 6.45) is 0. The van der Waals surface area contributed by atoms with E-state index in [2.05, 4.69) is 41.4 Å². The van der Waals surface area contributed by atoms with Crippen LogP contribution in [-0.2, 0) is 0 Å². The van der Waals surface area contributed by atoms with Crippen LogP contribution in [0.1, 0.15) is 32.5 Å². The van der Waals surface area contributed by atoms with Gasteiger partial charge in [-0.15, -0.1) is 11.3 Å². The average molecular weight is 225 g/mol. The lowest BCUT2D eigenvalue weighted by Crippen LogP contribution is -2.54. The zero-order valence-electron chi connectivity index (χ0n) is 9.60. The van der Waals surface area contributed by atoms with E-state index in [0.717, 1.165) is 13.1 Å². The Morgan fingerprint density at radius 3 is 2.67 bits per heavy atom. The van der Waals surface area contributed by atoms with Gasteiger partial charge in [-0.25, -0.2) is 4.98 Å². The van der Waals surface area contributed by atoms with Crippen LogP contribution in [0.5, 0.6) is 0 Å². The van der Waals surface area contributed by atoms with E-state index < -0.39 is 0 Å². The van der Waals surface area contributed by atoms with Crippen LogP contribution >= 0.6 is 11.3 Å². The van der Waals surface area contributed by atoms with Crippen LogP contribution in [0.2, 0.25) is 0 Å². The molecule has 1 aromatic rings. The van der Waals surface area contributed by atoms with Gasteiger partial charge in [0.1, 0.15) is 0 Å². The molecule has 0 aromatic carbocycles. The smallest absolute Gasteiger partial charge is 0.0795 e. The maximum atomic E-state index is 4.40. The van der Waals surface area contributed by atoms with Crippen molar-refractivity contribution in [1.29, 1.82) is 0 Å². The fourth-order valence-electron chi connectivity index (χ4n) is 2.30. The Morgan fingerprint density at radius 2 is 2.13 bits per heavy atom. The van der Waals surface area contributed by atoms with Gasteiger partial charge in [0.15, 0.2) is 0 Å². The van der Waals surface area contributed by atoms with Gasteiger partial charge >= 0.3 is 0 Å². The summed E-state index contributed by atoms with van der Waals surface area (Å²) < 4.78 is 0. The highest BCUT2D eigenvalue weighted by atomic mass is 32.1. The van der Waals surface area contributed by atoms with Crippen molar-refractivity contribution in [2.75, 3.05) is 13.1 Å². The summed E-state index contributed by atoms with van der Waals surface area (Å²) in [5, 5.41) is 5.70. The molecule has 0 amide bonds. The lowest BCUT2D eigenvalue weighted by Gasteiger charge is -2.39. The molecule has 1 aromatic heterocycles. The molecule has 15 heavy (non-hydrogen) atoms. The van der Waals surface area contributed by atoms with Crippen LogP contribution in [0.3, 0.4) is 0 Å². The van der Waals surface area contributed by atoms with Crippen LogP contribution in [0.4, 0.5) is 0 Å². The summed E-state index contributed by atoms with van der Waals surface area (Å²) in [5.74, 6) is 0. The van der Waals surface area contributed by atoms with E-state index in [0.29, 0.717) is 18.1 Å². The van der Waals surface area contributed by atoms with Crippen LogP contribution in [0.25, 0.3) is 0 Å². The molecule has 3 unspecified atom stereocenters. The van der Waals surface area contributed by atoms with E-state index in [1.54, 1.807) is 11.3 Å². The molecule has 1 aliphatic rings. The minimum Gasteiger partial charge on any atom is -0.309 e. The van der Waals surface area contributed by atoms with Crippen molar-refractivity contribution in [2.24, 2.45) is 0 Å². The molecule has 84 valence electrons. The van der Waals surface area contributed by atoms with Gasteiger partial charge in [0.05, 0.1) is 17.2 Å². The van der Waals surface area contributed by atoms with Crippen LogP contribution in [0.15, 0.2) is 10.9 Å². The molecule has 3 atom stereocenters. The van der Waals surface area contributed by atoms with E-state index in [9.17, 15) is 0 Å². The Balaban J connectivity index is 2.03. The maximum absolute atomic E-state index is 4.40. The van der Waals surface area contributed by atoms with Gasteiger partial charge < -0.3 is 5.32 Å². The Hall–Kier alpha value is -0.450. The largest absolute Gasteiger partial charge is 0.309 e. The molecule has 0 spiro atoms. The second-order valence-electron chi connectivity index (χ2n) is 4.51. The summed E-state index contributed by atoms with van der Waals surface area (Å²) in [6, 6.07) is 1.60. The molecule has 1 aliphatic heterocycles. The molecule has 0 aliphatic carbocycles. The Kier molecular flexibility index (Phi) is 3.38. The summed E-state index contributed by atoms with van der Waals surface area (Å²) in [4.78, 5) is 6.91. The van der Waals surface area contributed by atoms with Gasteiger partial charge in [-0.2, -0.15) is 0 Å². The van der Waals surface area contributed by atoms with Crippen molar-refractivity contribution in [2.45, 2.75) is 38.9 Å². The van der Waals surface area contributed by atoms with Crippen LogP contribution < -0.4 is 5.32 Å². The second kappa shape index (κ2) is 4.60. The van der Waals surface area contributed by atoms with Gasteiger partial charge in [0, 0.05) is 30.6 Å². The zero-order chi connectivity index (χ0) is 10.8. The van der Waals surface area contributed by atoms with E-state index in [1.165, 1.54) is 5.69 Å². The van der Waals surface area contributed by atoms with Gasteiger partial charge in [0.2, 0.25) is 0 Å². The van der Waals surface area contributed by atoms with Crippen LogP contribution in [-0.4, -0.2) is 35.1 Å². The number of nitrogens with zero attached hydrogens (tertiary/aromatic N) is 2. The quantitative estimate of drug-likeness (QED) is 0.833. The van der Waals surface area contributed by atoms with Crippen molar-refractivity contribution < 1.29 is 0 Å². The standard InChI is InChI=1S/C11H19N3S/c1-8-4-14(5-9(2)13-8)10(3)11-6-15-7-12-11/h6-10,13H,4-5H2,1-3H3. The molecular formula is C11H19N3S. The first-order valence-electron chi connectivity index (χ1n) is 5.55. The van der Waals surface area contributed by atoms with Crippen molar-refractivity contribution >= 4 is 11.3 Å². The monoisotopic (exact) mass is 225 g/mol. The SMILES string of the molecule is CC1CN(C(C)c2cscn2)CC(C)N1. The van der Waals surface area contributed by atoms with E-state index in [-0.39, 0.29) is 0 Å². The lowest BCUT2D eigenvalue weighted by atomic mass is 10.1. The third-order valence-electron chi connectivity index (χ3n) is 3.01. The Morgan fingerprint density at radius 1 is 1.47 bits per heavy atom. The first-order chi connectivity index (χ1) is 7.16. The molecule has 3 nitrogen and oxygen atoms in total. The number of nitrogens with one attached hydrogen (secondary N) is 1. The molecule has 2 heterocycles. The molecular weight excluding hydrogens is 206 g/mol. The number of thiazole rings is 1. The van der Waals surface area contributed by atoms with Crippen molar-refractivity contribution in [1.82, 2.24) is 15.2 Å². The van der Waals surface area contributed by atoms with Crippen molar-refractivity contribution in [3.63, 3.8) is 0 Å². The number of hydrogen-bond acceptors (Lipinski definition) is 4. The molecule has 0 radical (unpaired) electrons. The predicted molar refractivity (Wildman–Crippen MR) is 64.2 cm³/mol. The fourth-order valence-corrected chi connectivity index (χ4v) is 2.94. The highest BCUT2D eigenvalue weighted by Gasteiger charge is 2.25. The topological polar surface area (TPSA) is 28.2 Å². The summed E-state index contributed by atoms with van der Waals surface area (Å²) >= 11 is 1.68. The fraction of sp³-hybridized carbons (Fsp3) is 0.727. The molecule has 4 heteroatoms. The average Bonchev–Trinajstić information content (AvgIpc) is 2.67. The minimum atomic E-state index is 0.447. The van der Waals surface area contributed by atoms with E-state index in [4.69, 9.17) is 0 Å². The van der Waals surface area contributed by atoms with Crippen LogP contribution in [0, 0.1) is 0 Å². The Bertz CT molecular complexity index is 289. The maximum Gasteiger partial charge on any atom is 0.0795 e. The number of piperazine rings is 1. The minimum absolute atomic E-state index is 0.447. The number of aromatic nitrogens is 1. The molecule has 1 fully saturated rings. The first-order valence-corrected chi connectivity index (χ1v) is 6.49. The van der Waals surface area contributed by atoms with Crippen molar-refractivity contribution in [3.05, 3.63) is 16.6 Å². The molecule has 1 saturated heterocycles. The van der Waals surface area contributed by atoms with E-state index in [1.807, 2.05) is 5.51 Å². The summed E-state index contributed by atoms with van der Waals surface area (Å²) in [7, 11) is 0. The summed E-state index contributed by atoms with van der Waals surface area (Å²) in [6.45, 7) is 8.97. The van der Waals surface area contributed by atoms with E-state index >= 15 is 0 Å². The second-order valence-corrected chi connectivity index (χ2v) is 5.23. The normalized spacial score (nSPS) is 30.3. The number of rotatable bonds is 2. The molecule has 2 rings (SSSR count). The third-order valence-corrected chi connectivity index (χ3v) is 3.62. The third kappa shape index (κ3) is 2.56. The highest BCUT2D eigenvalue weighted by Crippen LogP contribution is 2.22. The predicted octanol–water partition coefficient (Wildman–Crippen LogP) is 1.89. The first kappa shape index (κ1) is 11.0. The molecule has 0 saturated carbocycles. The Labute approximate surface area is 95.5 Å². The zero-order valence-corrected chi connectivity index (χ0v) is 10.4. The lowest BCUT2D eigenvalue weighted by molar-refractivity contribution is 0.129. The molecule has 1 N–H and O–H groups in total. The van der Waals surface area contributed by atoms with Gasteiger partial charge in [-0.3, -0.25) is 4.90 Å². The van der Waals surface area contributed by atoms with Crippen molar-refractivity contribution in [3.8, 4) is 0 Å². The van der Waals surface area contributed by atoms with Gasteiger partial charge in [-0.05, 0) is 20.8 Å². The summed E-state index contributed by atoms with van der Waals surface area (Å²) in [5.41, 5.74) is 3.13. The number of hydrogen-bond donors (Lipinski definition) is 1.